The summed E-state index contributed by atoms with van der Waals surface area (Å²) >= 11 is 12.1. The van der Waals surface area contributed by atoms with Crippen LogP contribution in [-0.2, 0) is 6.54 Å². The fraction of sp³-hybridized carbons (Fsp3) is 0.200. The molecule has 4 rings (SSSR count). The highest BCUT2D eigenvalue weighted by Gasteiger charge is 2.27. The average Bonchev–Trinajstić information content (AvgIpc) is 2.83. The van der Waals surface area contributed by atoms with Crippen molar-refractivity contribution in [3.8, 4) is 5.75 Å². The molecule has 170 valence electrons. The quantitative estimate of drug-likeness (QED) is 0.461. The van der Waals surface area contributed by atoms with E-state index in [0.717, 1.165) is 17.7 Å². The minimum Gasteiger partial charge on any atom is -0.497 e. The topological polar surface area (TPSA) is 61.9 Å². The van der Waals surface area contributed by atoms with Gasteiger partial charge in [0.15, 0.2) is 0 Å². The fourth-order valence-electron chi connectivity index (χ4n) is 3.70. The van der Waals surface area contributed by atoms with Crippen molar-refractivity contribution in [1.29, 1.82) is 0 Å². The first-order valence-electron chi connectivity index (χ1n) is 10.5. The molecule has 3 amide bonds. The molecule has 0 radical (unpaired) electrons. The zero-order valence-electron chi connectivity index (χ0n) is 18.1. The predicted molar refractivity (Wildman–Crippen MR) is 132 cm³/mol. The van der Waals surface area contributed by atoms with E-state index in [1.807, 2.05) is 18.2 Å². The molecule has 33 heavy (non-hydrogen) atoms. The molecule has 1 N–H and O–H groups in total. The van der Waals surface area contributed by atoms with Gasteiger partial charge in [-0.05, 0) is 72.6 Å². The Bertz CT molecular complexity index is 1150. The van der Waals surface area contributed by atoms with Crippen LogP contribution in [0.25, 0.3) is 0 Å². The number of nitrogens with one attached hydrogen (secondary N) is 1. The number of methoxy groups -OCH3 is 1. The largest absolute Gasteiger partial charge is 0.497 e. The highest BCUT2D eigenvalue weighted by Crippen LogP contribution is 2.26. The van der Waals surface area contributed by atoms with Crippen LogP contribution in [0.4, 0.5) is 16.2 Å². The monoisotopic (exact) mass is 483 g/mol. The first-order chi connectivity index (χ1) is 15.9. The van der Waals surface area contributed by atoms with E-state index < -0.39 is 0 Å². The first kappa shape index (κ1) is 23.0. The minimum atomic E-state index is -0.216. The van der Waals surface area contributed by atoms with Crippen LogP contribution in [0, 0.1) is 0 Å². The zero-order chi connectivity index (χ0) is 23.4. The third kappa shape index (κ3) is 5.41. The van der Waals surface area contributed by atoms with Gasteiger partial charge >= 0.3 is 6.03 Å². The molecular formula is C25H23Cl2N3O3. The second-order valence-electron chi connectivity index (χ2n) is 7.69. The number of carbonyl (C=O) groups excluding carboxylic acids is 2. The van der Waals surface area contributed by atoms with Crippen molar-refractivity contribution in [2.45, 2.75) is 13.0 Å². The van der Waals surface area contributed by atoms with Gasteiger partial charge in [-0.15, -0.1) is 0 Å². The Morgan fingerprint density at radius 3 is 2.36 bits per heavy atom. The highest BCUT2D eigenvalue weighted by molar-refractivity contribution is 6.42. The summed E-state index contributed by atoms with van der Waals surface area (Å²) in [5.41, 5.74) is 2.89. The number of hydrogen-bond donors (Lipinski definition) is 1. The van der Waals surface area contributed by atoms with Crippen molar-refractivity contribution in [2.24, 2.45) is 0 Å². The van der Waals surface area contributed by atoms with Crippen molar-refractivity contribution in [3.63, 3.8) is 0 Å². The van der Waals surface area contributed by atoms with Crippen LogP contribution in [0.1, 0.15) is 22.3 Å². The van der Waals surface area contributed by atoms with Crippen molar-refractivity contribution >= 4 is 46.5 Å². The van der Waals surface area contributed by atoms with Gasteiger partial charge in [0.2, 0.25) is 0 Å². The molecule has 6 nitrogen and oxygen atoms in total. The molecule has 0 bridgehead atoms. The second-order valence-corrected chi connectivity index (χ2v) is 8.50. The van der Waals surface area contributed by atoms with Gasteiger partial charge in [-0.1, -0.05) is 29.3 Å². The Morgan fingerprint density at radius 1 is 0.970 bits per heavy atom. The van der Waals surface area contributed by atoms with E-state index in [9.17, 15) is 9.59 Å². The Morgan fingerprint density at radius 2 is 1.70 bits per heavy atom. The molecule has 0 spiro atoms. The van der Waals surface area contributed by atoms with Crippen molar-refractivity contribution < 1.29 is 14.3 Å². The molecule has 0 saturated carbocycles. The van der Waals surface area contributed by atoms with Gasteiger partial charge < -0.3 is 15.0 Å². The van der Waals surface area contributed by atoms with Crippen molar-refractivity contribution in [2.75, 3.05) is 30.4 Å². The lowest BCUT2D eigenvalue weighted by molar-refractivity contribution is 0.102. The number of amides is 3. The lowest BCUT2D eigenvalue weighted by Crippen LogP contribution is -2.49. The van der Waals surface area contributed by atoms with Crippen LogP contribution < -0.4 is 15.0 Å². The Hall–Kier alpha value is -3.22. The standard InChI is InChI=1S/C25H23Cl2N3O3/c1-33-21-10-4-18(5-11-21)24(31)28-19-6-8-20(9-7-19)30-14-2-13-29(25(30)32)16-17-3-12-22(26)23(27)15-17/h3-12,15H,2,13-14,16H2,1H3,(H,28,31). The normalized spacial score (nSPS) is 13.7. The van der Waals surface area contributed by atoms with Crippen LogP contribution in [-0.4, -0.2) is 37.0 Å². The summed E-state index contributed by atoms with van der Waals surface area (Å²) in [5, 5.41) is 3.84. The van der Waals surface area contributed by atoms with E-state index in [0.29, 0.717) is 46.7 Å². The third-order valence-corrected chi connectivity index (χ3v) is 6.20. The number of halogens is 2. The summed E-state index contributed by atoms with van der Waals surface area (Å²) in [6.45, 7) is 1.77. The van der Waals surface area contributed by atoms with Gasteiger partial charge in [-0.25, -0.2) is 4.79 Å². The lowest BCUT2D eigenvalue weighted by atomic mass is 10.1. The molecule has 1 fully saturated rings. The third-order valence-electron chi connectivity index (χ3n) is 5.46. The number of rotatable bonds is 6. The van der Waals surface area contributed by atoms with Gasteiger partial charge in [0, 0.05) is 36.6 Å². The zero-order valence-corrected chi connectivity index (χ0v) is 19.6. The van der Waals surface area contributed by atoms with Crippen LogP contribution in [0.5, 0.6) is 5.75 Å². The molecular weight excluding hydrogens is 461 g/mol. The molecule has 0 unspecified atom stereocenters. The van der Waals surface area contributed by atoms with Gasteiger partial charge in [-0.3, -0.25) is 9.69 Å². The maximum atomic E-state index is 13.1. The van der Waals surface area contributed by atoms with E-state index >= 15 is 0 Å². The molecule has 1 heterocycles. The molecule has 8 heteroatoms. The first-order valence-corrected chi connectivity index (χ1v) is 11.3. The van der Waals surface area contributed by atoms with Crippen LogP contribution in [0.3, 0.4) is 0 Å². The second kappa shape index (κ2) is 10.1. The number of nitrogens with zero attached hydrogens (tertiary/aromatic N) is 2. The summed E-state index contributed by atoms with van der Waals surface area (Å²) in [6.07, 6.45) is 0.850. The molecule has 3 aromatic carbocycles. The van der Waals surface area contributed by atoms with E-state index in [-0.39, 0.29) is 11.9 Å². The van der Waals surface area contributed by atoms with Gasteiger partial charge in [0.1, 0.15) is 5.75 Å². The number of ether oxygens (including phenoxy) is 1. The van der Waals surface area contributed by atoms with E-state index in [1.54, 1.807) is 65.4 Å². The SMILES string of the molecule is COc1ccc(C(=O)Nc2ccc(N3CCCN(Cc4ccc(Cl)c(Cl)c4)C3=O)cc2)cc1. The van der Waals surface area contributed by atoms with Gasteiger partial charge in [-0.2, -0.15) is 0 Å². The van der Waals surface area contributed by atoms with E-state index in [2.05, 4.69) is 5.32 Å². The Labute approximate surface area is 202 Å². The molecule has 3 aromatic rings. The van der Waals surface area contributed by atoms with Crippen molar-refractivity contribution in [3.05, 3.63) is 87.9 Å². The maximum absolute atomic E-state index is 13.1. The molecule has 0 atom stereocenters. The maximum Gasteiger partial charge on any atom is 0.324 e. The number of anilines is 2. The molecule has 1 saturated heterocycles. The predicted octanol–water partition coefficient (Wildman–Crippen LogP) is 6.09. The Kier molecular flexibility index (Phi) is 7.06. The summed E-state index contributed by atoms with van der Waals surface area (Å²) in [7, 11) is 1.58. The number of hydrogen-bond acceptors (Lipinski definition) is 3. The van der Waals surface area contributed by atoms with Crippen molar-refractivity contribution in [1.82, 2.24) is 4.90 Å². The molecule has 1 aliphatic rings. The van der Waals surface area contributed by atoms with Crippen LogP contribution in [0.15, 0.2) is 66.7 Å². The fourth-order valence-corrected chi connectivity index (χ4v) is 4.02. The summed E-state index contributed by atoms with van der Waals surface area (Å²) < 4.78 is 5.12. The minimum absolute atomic E-state index is 0.0673. The lowest BCUT2D eigenvalue weighted by Gasteiger charge is -2.35. The van der Waals surface area contributed by atoms with Crippen LogP contribution in [0.2, 0.25) is 10.0 Å². The average molecular weight is 484 g/mol. The van der Waals surface area contributed by atoms with Gasteiger partial charge in [0.25, 0.3) is 5.91 Å². The number of carbonyl (C=O) groups is 2. The van der Waals surface area contributed by atoms with Gasteiger partial charge in [0.05, 0.1) is 17.2 Å². The van der Waals surface area contributed by atoms with E-state index in [1.165, 1.54) is 0 Å². The molecule has 0 aromatic heterocycles. The Balaban J connectivity index is 1.41. The van der Waals surface area contributed by atoms with E-state index in [4.69, 9.17) is 27.9 Å². The van der Waals surface area contributed by atoms with Crippen LogP contribution >= 0.6 is 23.2 Å². The molecule has 1 aliphatic heterocycles. The summed E-state index contributed by atoms with van der Waals surface area (Å²) in [6, 6.07) is 19.5. The number of benzene rings is 3. The smallest absolute Gasteiger partial charge is 0.324 e. The number of urea groups is 1. The highest BCUT2D eigenvalue weighted by atomic mass is 35.5. The summed E-state index contributed by atoms with van der Waals surface area (Å²) in [4.78, 5) is 29.1. The molecule has 0 aliphatic carbocycles. The summed E-state index contributed by atoms with van der Waals surface area (Å²) in [5.74, 6) is 0.475.